The molecule has 0 aliphatic carbocycles. The Morgan fingerprint density at radius 1 is 1.33 bits per heavy atom. The van der Waals surface area contributed by atoms with Crippen molar-refractivity contribution < 1.29 is 14.1 Å². The number of nitrogens with one attached hydrogen (secondary N) is 1. The van der Waals surface area contributed by atoms with Crippen LogP contribution in [0.25, 0.3) is 11.1 Å². The fourth-order valence-electron chi connectivity index (χ4n) is 3.43. The van der Waals surface area contributed by atoms with Crippen molar-refractivity contribution in [3.05, 3.63) is 23.0 Å². The summed E-state index contributed by atoms with van der Waals surface area (Å²) < 4.78 is 5.27. The van der Waals surface area contributed by atoms with Gasteiger partial charge in [-0.15, -0.1) is 0 Å². The van der Waals surface area contributed by atoms with E-state index in [1.807, 2.05) is 31.7 Å². The van der Waals surface area contributed by atoms with Gasteiger partial charge in [0.1, 0.15) is 0 Å². The minimum Gasteiger partial charge on any atom is -0.352 e. The van der Waals surface area contributed by atoms with E-state index in [0.29, 0.717) is 41.9 Å². The molecule has 2 amide bonds. The number of aromatic nitrogens is 2. The molecule has 3 rings (SSSR count). The molecule has 0 atom stereocenters. The standard InChI is InChI=1S/C20H28N4O3/c1-13(2)16-12-15(18-14(3)23-27-20(18)22-16)19(26)21-9-7-11-24-10-6-4-5-8-17(24)25/h12-13H,4-11H2,1-3H3,(H,21,26). The number of carbonyl (C=O) groups is 2. The van der Waals surface area contributed by atoms with E-state index in [4.69, 9.17) is 4.52 Å². The topological polar surface area (TPSA) is 88.3 Å². The van der Waals surface area contributed by atoms with Gasteiger partial charge in [-0.1, -0.05) is 25.4 Å². The molecule has 2 aromatic heterocycles. The fraction of sp³-hybridized carbons (Fsp3) is 0.600. The first-order chi connectivity index (χ1) is 13.0. The summed E-state index contributed by atoms with van der Waals surface area (Å²) in [6, 6.07) is 1.82. The van der Waals surface area contributed by atoms with Gasteiger partial charge in [-0.3, -0.25) is 9.59 Å². The highest BCUT2D eigenvalue weighted by atomic mass is 16.5. The number of nitrogens with zero attached hydrogens (tertiary/aromatic N) is 3. The van der Waals surface area contributed by atoms with Gasteiger partial charge in [0.2, 0.25) is 5.91 Å². The lowest BCUT2D eigenvalue weighted by atomic mass is 10.0. The van der Waals surface area contributed by atoms with Gasteiger partial charge in [0.25, 0.3) is 11.6 Å². The predicted molar refractivity (Wildman–Crippen MR) is 103 cm³/mol. The van der Waals surface area contributed by atoms with Gasteiger partial charge in [0.05, 0.1) is 16.6 Å². The summed E-state index contributed by atoms with van der Waals surface area (Å²) in [6.45, 7) is 7.90. The number of hydrogen-bond acceptors (Lipinski definition) is 5. The van der Waals surface area contributed by atoms with Gasteiger partial charge < -0.3 is 14.7 Å². The Labute approximate surface area is 159 Å². The molecule has 0 aromatic carbocycles. The Morgan fingerprint density at radius 3 is 2.93 bits per heavy atom. The maximum Gasteiger partial charge on any atom is 0.259 e. The summed E-state index contributed by atoms with van der Waals surface area (Å²) in [6.07, 6.45) is 4.56. The van der Waals surface area contributed by atoms with Crippen LogP contribution in [0.4, 0.5) is 0 Å². The Bertz CT molecular complexity index is 828. The summed E-state index contributed by atoms with van der Waals surface area (Å²) >= 11 is 0. The zero-order valence-electron chi connectivity index (χ0n) is 16.4. The van der Waals surface area contributed by atoms with Gasteiger partial charge in [0.15, 0.2) is 0 Å². The molecule has 0 bridgehead atoms. The van der Waals surface area contributed by atoms with E-state index in [1.54, 1.807) is 0 Å². The Morgan fingerprint density at radius 2 is 2.15 bits per heavy atom. The Kier molecular flexibility index (Phi) is 6.08. The first-order valence-electron chi connectivity index (χ1n) is 9.80. The monoisotopic (exact) mass is 372 g/mol. The summed E-state index contributed by atoms with van der Waals surface area (Å²) in [5.41, 5.74) is 2.42. The molecular formula is C20H28N4O3. The lowest BCUT2D eigenvalue weighted by Gasteiger charge is -2.20. The lowest BCUT2D eigenvalue weighted by Crippen LogP contribution is -2.34. The third kappa shape index (κ3) is 4.46. The molecule has 2 aromatic rings. The van der Waals surface area contributed by atoms with Crippen LogP contribution in [0, 0.1) is 6.92 Å². The van der Waals surface area contributed by atoms with Crippen molar-refractivity contribution in [2.24, 2.45) is 0 Å². The number of hydrogen-bond donors (Lipinski definition) is 1. The second-order valence-electron chi connectivity index (χ2n) is 7.50. The molecule has 0 unspecified atom stereocenters. The Balaban J connectivity index is 1.64. The molecule has 1 aliphatic rings. The van der Waals surface area contributed by atoms with Crippen LogP contribution in [0.2, 0.25) is 0 Å². The van der Waals surface area contributed by atoms with Crippen molar-refractivity contribution in [3.63, 3.8) is 0 Å². The van der Waals surface area contributed by atoms with E-state index < -0.39 is 0 Å². The van der Waals surface area contributed by atoms with E-state index >= 15 is 0 Å². The van der Waals surface area contributed by atoms with Crippen LogP contribution in [0.15, 0.2) is 10.6 Å². The van der Waals surface area contributed by atoms with Gasteiger partial charge in [-0.25, -0.2) is 4.98 Å². The molecule has 1 saturated heterocycles. The predicted octanol–water partition coefficient (Wildman–Crippen LogP) is 3.18. The van der Waals surface area contributed by atoms with Crippen LogP contribution in [0.3, 0.4) is 0 Å². The molecule has 146 valence electrons. The Hall–Kier alpha value is -2.44. The first-order valence-corrected chi connectivity index (χ1v) is 9.80. The van der Waals surface area contributed by atoms with Gasteiger partial charge in [0, 0.05) is 31.7 Å². The van der Waals surface area contributed by atoms with Crippen LogP contribution >= 0.6 is 0 Å². The van der Waals surface area contributed by atoms with Crippen molar-refractivity contribution in [2.45, 2.75) is 58.8 Å². The lowest BCUT2D eigenvalue weighted by molar-refractivity contribution is -0.130. The largest absolute Gasteiger partial charge is 0.352 e. The highest BCUT2D eigenvalue weighted by Gasteiger charge is 2.20. The quantitative estimate of drug-likeness (QED) is 0.787. The smallest absolute Gasteiger partial charge is 0.259 e. The number of rotatable bonds is 6. The van der Waals surface area contributed by atoms with Crippen molar-refractivity contribution >= 4 is 22.9 Å². The minimum atomic E-state index is -0.155. The summed E-state index contributed by atoms with van der Waals surface area (Å²) in [5.74, 6) is 0.259. The molecule has 0 spiro atoms. The number of carbonyl (C=O) groups excluding carboxylic acids is 2. The zero-order chi connectivity index (χ0) is 19.4. The third-order valence-corrected chi connectivity index (χ3v) is 5.03. The number of pyridine rings is 1. The van der Waals surface area contributed by atoms with E-state index in [0.717, 1.165) is 37.9 Å². The van der Waals surface area contributed by atoms with Crippen LogP contribution in [-0.2, 0) is 4.79 Å². The second-order valence-corrected chi connectivity index (χ2v) is 7.50. The highest BCUT2D eigenvalue weighted by Crippen LogP contribution is 2.25. The number of likely N-dealkylation sites (tertiary alicyclic amines) is 1. The van der Waals surface area contributed by atoms with E-state index in [2.05, 4.69) is 15.5 Å². The highest BCUT2D eigenvalue weighted by molar-refractivity contribution is 6.06. The zero-order valence-corrected chi connectivity index (χ0v) is 16.4. The molecule has 0 saturated carbocycles. The normalized spacial score (nSPS) is 15.4. The SMILES string of the molecule is Cc1noc2nc(C(C)C)cc(C(=O)NCCCN3CCCCCC3=O)c12. The van der Waals surface area contributed by atoms with Crippen molar-refractivity contribution in [1.29, 1.82) is 0 Å². The molecule has 0 radical (unpaired) electrons. The molecule has 1 aliphatic heterocycles. The molecule has 1 fully saturated rings. The molecule has 7 nitrogen and oxygen atoms in total. The average molecular weight is 372 g/mol. The second kappa shape index (κ2) is 8.50. The molecule has 3 heterocycles. The average Bonchev–Trinajstić information content (AvgIpc) is 2.90. The van der Waals surface area contributed by atoms with Crippen molar-refractivity contribution in [3.8, 4) is 0 Å². The van der Waals surface area contributed by atoms with Gasteiger partial charge in [-0.05, 0) is 38.2 Å². The third-order valence-electron chi connectivity index (χ3n) is 5.03. The minimum absolute atomic E-state index is 0.155. The number of fused-ring (bicyclic) bond motifs is 1. The molecule has 27 heavy (non-hydrogen) atoms. The number of amides is 2. The maximum absolute atomic E-state index is 12.8. The van der Waals surface area contributed by atoms with E-state index in [1.165, 1.54) is 0 Å². The molecule has 1 N–H and O–H groups in total. The van der Waals surface area contributed by atoms with Gasteiger partial charge >= 0.3 is 0 Å². The van der Waals surface area contributed by atoms with Crippen molar-refractivity contribution in [1.82, 2.24) is 20.4 Å². The van der Waals surface area contributed by atoms with E-state index in [-0.39, 0.29) is 17.7 Å². The molecule has 7 heteroatoms. The van der Waals surface area contributed by atoms with Crippen LogP contribution < -0.4 is 5.32 Å². The molecular weight excluding hydrogens is 344 g/mol. The van der Waals surface area contributed by atoms with Crippen molar-refractivity contribution in [2.75, 3.05) is 19.6 Å². The number of aryl methyl sites for hydroxylation is 1. The van der Waals surface area contributed by atoms with Gasteiger partial charge in [-0.2, -0.15) is 0 Å². The first kappa shape index (κ1) is 19.3. The van der Waals surface area contributed by atoms with E-state index in [9.17, 15) is 9.59 Å². The summed E-state index contributed by atoms with van der Waals surface area (Å²) in [4.78, 5) is 31.2. The van der Waals surface area contributed by atoms with Crippen LogP contribution in [-0.4, -0.2) is 46.5 Å². The summed E-state index contributed by atoms with van der Waals surface area (Å²) in [5, 5.41) is 7.59. The van der Waals surface area contributed by atoms with Crippen LogP contribution in [0.5, 0.6) is 0 Å². The van der Waals surface area contributed by atoms with Crippen LogP contribution in [0.1, 0.15) is 73.6 Å². The fourth-order valence-corrected chi connectivity index (χ4v) is 3.43. The maximum atomic E-state index is 12.8. The summed E-state index contributed by atoms with van der Waals surface area (Å²) in [7, 11) is 0.